The molecule has 0 fully saturated rings. The van der Waals surface area contributed by atoms with E-state index in [1.54, 1.807) is 30.3 Å². The van der Waals surface area contributed by atoms with E-state index in [-0.39, 0.29) is 21.9 Å². The first kappa shape index (κ1) is 23.5. The van der Waals surface area contributed by atoms with Crippen molar-refractivity contribution in [3.8, 4) is 0 Å². The van der Waals surface area contributed by atoms with E-state index < -0.39 is 11.7 Å². The van der Waals surface area contributed by atoms with Crippen molar-refractivity contribution in [2.45, 2.75) is 10.7 Å². The Kier molecular flexibility index (Phi) is 7.24. The quantitative estimate of drug-likeness (QED) is 0.183. The second-order valence-electron chi connectivity index (χ2n) is 7.09. The molecule has 4 aromatic rings. The lowest BCUT2D eigenvalue weighted by Crippen LogP contribution is -2.15. The molecule has 172 valence electrons. The number of thiophene rings is 1. The van der Waals surface area contributed by atoms with E-state index >= 15 is 0 Å². The van der Waals surface area contributed by atoms with Crippen LogP contribution in [0.15, 0.2) is 89.8 Å². The number of nitrogen functional groups attached to an aromatic ring is 1. The number of carbonyl (C=O) groups is 2. The average Bonchev–Trinajstić information content (AvgIpc) is 3.16. The first-order valence-corrected chi connectivity index (χ1v) is 11.8. The summed E-state index contributed by atoms with van der Waals surface area (Å²) in [5.41, 5.74) is 8.14. The van der Waals surface area contributed by atoms with Crippen LogP contribution in [0.1, 0.15) is 25.6 Å². The van der Waals surface area contributed by atoms with Gasteiger partial charge in [0.2, 0.25) is 5.78 Å². The van der Waals surface area contributed by atoms with Gasteiger partial charge in [-0.25, -0.2) is 0 Å². The molecule has 0 saturated carbocycles. The highest BCUT2D eigenvalue weighted by molar-refractivity contribution is 7.99. The van der Waals surface area contributed by atoms with Gasteiger partial charge in [0.25, 0.3) is 11.7 Å². The smallest absolute Gasteiger partial charge is 0.288 e. The topological polar surface area (TPSA) is 84.2 Å². The van der Waals surface area contributed by atoms with Crippen molar-refractivity contribution >= 4 is 56.9 Å². The van der Waals surface area contributed by atoms with Gasteiger partial charge in [0.15, 0.2) is 0 Å². The number of hydrogen-bond donors (Lipinski definition) is 3. The highest BCUT2D eigenvalue weighted by Crippen LogP contribution is 2.39. The molecule has 0 radical (unpaired) electrons. The Balaban J connectivity index is 1.67. The number of anilines is 4. The Morgan fingerprint density at radius 3 is 2.09 bits per heavy atom. The number of benzene rings is 3. The molecule has 0 spiro atoms. The lowest BCUT2D eigenvalue weighted by molar-refractivity contribution is 0.102. The molecule has 9 heteroatoms. The van der Waals surface area contributed by atoms with E-state index in [2.05, 4.69) is 10.6 Å². The van der Waals surface area contributed by atoms with Gasteiger partial charge in [-0.05, 0) is 36.4 Å². The molecule has 0 aliphatic heterocycles. The summed E-state index contributed by atoms with van der Waals surface area (Å²) in [5.74, 6) is -3.33. The first-order chi connectivity index (χ1) is 16.4. The maximum Gasteiger partial charge on any atom is 0.288 e. The molecule has 5 nitrogen and oxygen atoms in total. The molecule has 1 amide bonds. The van der Waals surface area contributed by atoms with E-state index in [4.69, 9.17) is 5.73 Å². The number of alkyl halides is 2. The molecule has 0 aliphatic carbocycles. The van der Waals surface area contributed by atoms with Crippen molar-refractivity contribution in [1.82, 2.24) is 0 Å². The third-order valence-electron chi connectivity index (χ3n) is 4.78. The third kappa shape index (κ3) is 5.44. The Labute approximate surface area is 203 Å². The summed E-state index contributed by atoms with van der Waals surface area (Å²) < 4.78 is 25.1. The van der Waals surface area contributed by atoms with Crippen LogP contribution >= 0.6 is 23.1 Å². The van der Waals surface area contributed by atoms with Crippen molar-refractivity contribution in [3.05, 3.63) is 101 Å². The van der Waals surface area contributed by atoms with Crippen LogP contribution in [-0.2, 0) is 0 Å². The molecule has 1 heterocycles. The zero-order valence-corrected chi connectivity index (χ0v) is 19.3. The fourth-order valence-electron chi connectivity index (χ4n) is 3.21. The number of ketones is 1. The number of halogens is 2. The fraction of sp³-hybridized carbons (Fsp3) is 0.0400. The maximum atomic E-state index is 13.2. The van der Waals surface area contributed by atoms with Crippen molar-refractivity contribution in [2.75, 3.05) is 16.4 Å². The van der Waals surface area contributed by atoms with Gasteiger partial charge in [0.05, 0.1) is 11.3 Å². The average molecular weight is 496 g/mol. The molecule has 4 N–H and O–H groups in total. The summed E-state index contributed by atoms with van der Waals surface area (Å²) in [7, 11) is 0. The fourth-order valence-corrected chi connectivity index (χ4v) is 4.81. The summed E-state index contributed by atoms with van der Waals surface area (Å²) >= 11 is 1.52. The number of rotatable bonds is 8. The zero-order valence-electron chi connectivity index (χ0n) is 17.6. The normalized spacial score (nSPS) is 10.8. The number of carbonyl (C=O) groups excluding carboxylic acids is 2. The highest BCUT2D eigenvalue weighted by atomic mass is 32.2. The number of para-hydroxylation sites is 1. The summed E-state index contributed by atoms with van der Waals surface area (Å²) in [6.07, 6.45) is 0. The first-order valence-electron chi connectivity index (χ1n) is 10.1. The molecule has 0 unspecified atom stereocenters. The standard InChI is InChI=1S/C25H19F2N3O2S2/c26-25(27)33-18-13-11-17(12-14-18)29-23(32)19-20(28)22(21(31)15-7-3-1-4-8-15)34-24(19)30-16-9-5-2-6-10-16/h1-14,25,30H,28H2,(H,29,32). The predicted octanol–water partition coefficient (Wildman–Crippen LogP) is 6.87. The highest BCUT2D eigenvalue weighted by Gasteiger charge is 2.26. The van der Waals surface area contributed by atoms with Crippen LogP contribution in [0.3, 0.4) is 0 Å². The SMILES string of the molecule is Nc1c(C(=O)c2ccccc2)sc(Nc2ccccc2)c1C(=O)Nc1ccc(SC(F)F)cc1. The van der Waals surface area contributed by atoms with Crippen LogP contribution in [0.5, 0.6) is 0 Å². The van der Waals surface area contributed by atoms with Crippen LogP contribution in [0.4, 0.5) is 30.8 Å². The summed E-state index contributed by atoms with van der Waals surface area (Å²) in [4.78, 5) is 26.9. The molecule has 0 atom stereocenters. The number of thioether (sulfide) groups is 1. The largest absolute Gasteiger partial charge is 0.397 e. The molecule has 1 aromatic heterocycles. The molecular formula is C25H19F2N3O2S2. The predicted molar refractivity (Wildman–Crippen MR) is 135 cm³/mol. The van der Waals surface area contributed by atoms with E-state index in [0.29, 0.717) is 32.9 Å². The number of hydrogen-bond acceptors (Lipinski definition) is 6. The van der Waals surface area contributed by atoms with Gasteiger partial charge < -0.3 is 16.4 Å². The van der Waals surface area contributed by atoms with Crippen LogP contribution in [-0.4, -0.2) is 17.4 Å². The van der Waals surface area contributed by atoms with Crippen molar-refractivity contribution in [1.29, 1.82) is 0 Å². The van der Waals surface area contributed by atoms with Crippen LogP contribution in [0.25, 0.3) is 0 Å². The van der Waals surface area contributed by atoms with Crippen molar-refractivity contribution in [2.24, 2.45) is 0 Å². The maximum absolute atomic E-state index is 13.2. The van der Waals surface area contributed by atoms with Crippen molar-refractivity contribution < 1.29 is 18.4 Å². The van der Waals surface area contributed by atoms with Gasteiger partial charge >= 0.3 is 0 Å². The lowest BCUT2D eigenvalue weighted by atomic mass is 10.1. The summed E-state index contributed by atoms with van der Waals surface area (Å²) in [6.45, 7) is 0. The number of amides is 1. The minimum Gasteiger partial charge on any atom is -0.397 e. The molecule has 3 aromatic carbocycles. The Bertz CT molecular complexity index is 1300. The molecule has 34 heavy (non-hydrogen) atoms. The van der Waals surface area contributed by atoms with E-state index in [9.17, 15) is 18.4 Å². The Morgan fingerprint density at radius 2 is 1.47 bits per heavy atom. The van der Waals surface area contributed by atoms with Gasteiger partial charge in [-0.1, -0.05) is 60.3 Å². The third-order valence-corrected chi connectivity index (χ3v) is 6.63. The molecule has 0 bridgehead atoms. The molecule has 0 aliphatic rings. The Hall–Kier alpha value is -3.69. The van der Waals surface area contributed by atoms with Gasteiger partial charge in [0.1, 0.15) is 9.88 Å². The van der Waals surface area contributed by atoms with Gasteiger partial charge in [-0.15, -0.1) is 11.3 Å². The van der Waals surface area contributed by atoms with Crippen LogP contribution in [0, 0.1) is 0 Å². The van der Waals surface area contributed by atoms with Gasteiger partial charge in [-0.3, -0.25) is 9.59 Å². The minimum absolute atomic E-state index is 0.0691. The van der Waals surface area contributed by atoms with E-state index in [0.717, 1.165) is 17.0 Å². The Morgan fingerprint density at radius 1 is 0.853 bits per heavy atom. The molecule has 4 rings (SSSR count). The minimum atomic E-state index is -2.53. The van der Waals surface area contributed by atoms with Gasteiger partial charge in [0, 0.05) is 21.8 Å². The molecule has 0 saturated heterocycles. The second-order valence-corrected chi connectivity index (χ2v) is 9.18. The molecular weight excluding hydrogens is 476 g/mol. The summed E-state index contributed by atoms with van der Waals surface area (Å²) in [6, 6.07) is 23.9. The van der Waals surface area contributed by atoms with Crippen LogP contribution in [0.2, 0.25) is 0 Å². The van der Waals surface area contributed by atoms with Crippen LogP contribution < -0.4 is 16.4 Å². The number of nitrogens with one attached hydrogen (secondary N) is 2. The lowest BCUT2D eigenvalue weighted by Gasteiger charge is -2.10. The zero-order chi connectivity index (χ0) is 24.1. The van der Waals surface area contributed by atoms with E-state index in [1.807, 2.05) is 30.3 Å². The monoisotopic (exact) mass is 495 g/mol. The van der Waals surface area contributed by atoms with Crippen molar-refractivity contribution in [3.63, 3.8) is 0 Å². The second kappa shape index (κ2) is 10.5. The van der Waals surface area contributed by atoms with Gasteiger partial charge in [-0.2, -0.15) is 8.78 Å². The van der Waals surface area contributed by atoms with E-state index in [1.165, 1.54) is 24.3 Å². The summed E-state index contributed by atoms with van der Waals surface area (Å²) in [5, 5.41) is 6.34. The number of nitrogens with two attached hydrogens (primary N) is 1.